The van der Waals surface area contributed by atoms with Crippen LogP contribution in [0.2, 0.25) is 0 Å². The van der Waals surface area contributed by atoms with Crippen molar-refractivity contribution in [2.45, 2.75) is 12.8 Å². The highest BCUT2D eigenvalue weighted by molar-refractivity contribution is 5.89. The zero-order valence-electron chi connectivity index (χ0n) is 12.6. The summed E-state index contributed by atoms with van der Waals surface area (Å²) in [5.74, 6) is -1.96. The van der Waals surface area contributed by atoms with Gasteiger partial charge in [0.1, 0.15) is 11.6 Å². The van der Waals surface area contributed by atoms with Crippen LogP contribution in [0.25, 0.3) is 0 Å². The number of urea groups is 1. The largest absolute Gasteiger partial charge is 0.369 e. The Hall–Kier alpha value is -2.22. The van der Waals surface area contributed by atoms with Gasteiger partial charge in [-0.25, -0.2) is 13.6 Å². The topological polar surface area (TPSA) is 87.5 Å². The van der Waals surface area contributed by atoms with Gasteiger partial charge in [0.15, 0.2) is 0 Å². The first-order valence-corrected chi connectivity index (χ1v) is 7.46. The van der Waals surface area contributed by atoms with E-state index < -0.39 is 17.7 Å². The molecule has 126 valence electrons. The monoisotopic (exact) mass is 326 g/mol. The number of nitrogens with zero attached hydrogens (tertiary/aromatic N) is 1. The summed E-state index contributed by atoms with van der Waals surface area (Å²) in [6.07, 6.45) is 1.69. The van der Waals surface area contributed by atoms with Crippen molar-refractivity contribution in [3.63, 3.8) is 0 Å². The number of hydrogen-bond donors (Lipinski definition) is 3. The highest BCUT2D eigenvalue weighted by atomic mass is 19.1. The molecule has 1 aliphatic heterocycles. The lowest BCUT2D eigenvalue weighted by atomic mass is 9.97. The minimum absolute atomic E-state index is 0.0479. The van der Waals surface area contributed by atoms with E-state index in [1.165, 1.54) is 0 Å². The van der Waals surface area contributed by atoms with Crippen molar-refractivity contribution < 1.29 is 18.4 Å². The molecule has 0 aromatic heterocycles. The Morgan fingerprint density at radius 3 is 2.61 bits per heavy atom. The molecule has 0 radical (unpaired) electrons. The first-order chi connectivity index (χ1) is 10.9. The van der Waals surface area contributed by atoms with Gasteiger partial charge in [0.2, 0.25) is 5.91 Å². The number of primary amides is 1. The van der Waals surface area contributed by atoms with Gasteiger partial charge >= 0.3 is 6.03 Å². The van der Waals surface area contributed by atoms with E-state index in [1.54, 1.807) is 0 Å². The van der Waals surface area contributed by atoms with E-state index in [2.05, 4.69) is 15.5 Å². The molecule has 4 N–H and O–H groups in total. The maximum Gasteiger partial charge on any atom is 0.319 e. The highest BCUT2D eigenvalue weighted by Gasteiger charge is 2.23. The molecule has 3 amide bonds. The predicted octanol–water partition coefficient (Wildman–Crippen LogP) is 1.28. The molecule has 1 atom stereocenters. The third kappa shape index (κ3) is 5.48. The number of nitrogens with one attached hydrogen (secondary N) is 2. The molecular weight excluding hydrogens is 306 g/mol. The fourth-order valence-electron chi connectivity index (χ4n) is 2.62. The number of nitrogens with two attached hydrogens (primary N) is 1. The zero-order chi connectivity index (χ0) is 16.8. The number of likely N-dealkylation sites (tertiary alicyclic amines) is 1. The van der Waals surface area contributed by atoms with Gasteiger partial charge in [-0.15, -0.1) is 0 Å². The molecule has 2 rings (SSSR count). The van der Waals surface area contributed by atoms with Gasteiger partial charge in [-0.05, 0) is 31.5 Å². The van der Waals surface area contributed by atoms with Crippen molar-refractivity contribution in [1.82, 2.24) is 10.2 Å². The third-order valence-electron chi connectivity index (χ3n) is 3.74. The van der Waals surface area contributed by atoms with E-state index in [0.717, 1.165) is 37.6 Å². The quantitative estimate of drug-likeness (QED) is 0.762. The van der Waals surface area contributed by atoms with E-state index >= 15 is 0 Å². The summed E-state index contributed by atoms with van der Waals surface area (Å²) in [7, 11) is 0. The third-order valence-corrected chi connectivity index (χ3v) is 3.74. The van der Waals surface area contributed by atoms with Crippen molar-refractivity contribution in [2.75, 3.05) is 31.5 Å². The first kappa shape index (κ1) is 17.1. The number of amides is 3. The lowest BCUT2D eigenvalue weighted by molar-refractivity contribution is -0.123. The Morgan fingerprint density at radius 1 is 1.26 bits per heavy atom. The molecule has 1 aliphatic rings. The summed E-state index contributed by atoms with van der Waals surface area (Å²) >= 11 is 0. The molecule has 1 heterocycles. The van der Waals surface area contributed by atoms with Crippen LogP contribution in [0.4, 0.5) is 19.3 Å². The molecule has 1 aromatic carbocycles. The van der Waals surface area contributed by atoms with Gasteiger partial charge in [0.25, 0.3) is 0 Å². The van der Waals surface area contributed by atoms with Crippen molar-refractivity contribution >= 4 is 17.6 Å². The summed E-state index contributed by atoms with van der Waals surface area (Å²) in [4.78, 5) is 24.9. The number of hydrogen-bond acceptors (Lipinski definition) is 3. The average Bonchev–Trinajstić information content (AvgIpc) is 2.46. The van der Waals surface area contributed by atoms with Crippen molar-refractivity contribution in [1.29, 1.82) is 0 Å². The van der Waals surface area contributed by atoms with E-state index in [4.69, 9.17) is 5.73 Å². The Morgan fingerprint density at radius 2 is 1.96 bits per heavy atom. The number of benzene rings is 1. The van der Waals surface area contributed by atoms with Gasteiger partial charge < -0.3 is 21.3 Å². The van der Waals surface area contributed by atoms with E-state index in [0.29, 0.717) is 19.6 Å². The van der Waals surface area contributed by atoms with E-state index in [9.17, 15) is 18.4 Å². The summed E-state index contributed by atoms with van der Waals surface area (Å²) in [6.45, 7) is 2.37. The normalized spacial score (nSPS) is 18.4. The van der Waals surface area contributed by atoms with Crippen molar-refractivity contribution in [3.8, 4) is 0 Å². The van der Waals surface area contributed by atoms with Crippen LogP contribution in [0.1, 0.15) is 12.8 Å². The first-order valence-electron chi connectivity index (χ1n) is 7.46. The minimum atomic E-state index is -0.758. The molecule has 1 fully saturated rings. The Bertz CT molecular complexity index is 562. The van der Waals surface area contributed by atoms with Gasteiger partial charge in [-0.2, -0.15) is 0 Å². The second kappa shape index (κ2) is 7.87. The molecule has 0 saturated carbocycles. The van der Waals surface area contributed by atoms with Crippen LogP contribution in [0.3, 0.4) is 0 Å². The average molecular weight is 326 g/mol. The molecule has 0 aliphatic carbocycles. The van der Waals surface area contributed by atoms with Crippen LogP contribution in [0.5, 0.6) is 0 Å². The molecule has 0 spiro atoms. The summed E-state index contributed by atoms with van der Waals surface area (Å²) in [5, 5.41) is 4.97. The molecule has 6 nitrogen and oxygen atoms in total. The van der Waals surface area contributed by atoms with Crippen molar-refractivity contribution in [3.05, 3.63) is 29.8 Å². The molecule has 8 heteroatoms. The number of carbonyl (C=O) groups is 2. The van der Waals surface area contributed by atoms with Crippen LogP contribution in [-0.2, 0) is 4.79 Å². The highest BCUT2D eigenvalue weighted by Crippen LogP contribution is 2.15. The number of halogens is 2. The van der Waals surface area contributed by atoms with Gasteiger partial charge in [0.05, 0.1) is 5.92 Å². The van der Waals surface area contributed by atoms with Gasteiger partial charge in [-0.3, -0.25) is 4.79 Å². The van der Waals surface area contributed by atoms with Gasteiger partial charge in [0, 0.05) is 31.4 Å². The second-order valence-electron chi connectivity index (χ2n) is 5.58. The number of anilines is 1. The maximum atomic E-state index is 13.0. The Balaban J connectivity index is 1.73. The number of rotatable bonds is 5. The molecule has 1 saturated heterocycles. The lowest BCUT2D eigenvalue weighted by Crippen LogP contribution is -2.44. The fourth-order valence-corrected chi connectivity index (χ4v) is 2.62. The van der Waals surface area contributed by atoms with E-state index in [1.807, 2.05) is 0 Å². The Kier molecular flexibility index (Phi) is 5.86. The predicted molar refractivity (Wildman–Crippen MR) is 81.7 cm³/mol. The SMILES string of the molecule is NC(=O)C1CCCN(CCNC(=O)Nc2cc(F)cc(F)c2)C1. The van der Waals surface area contributed by atoms with E-state index in [-0.39, 0.29) is 17.5 Å². The van der Waals surface area contributed by atoms with Crippen molar-refractivity contribution in [2.24, 2.45) is 11.7 Å². The van der Waals surface area contributed by atoms with Crippen LogP contribution < -0.4 is 16.4 Å². The summed E-state index contributed by atoms with van der Waals surface area (Å²) in [5.41, 5.74) is 5.36. The number of piperidine rings is 1. The molecular formula is C15H20F2N4O2. The molecule has 1 unspecified atom stereocenters. The second-order valence-corrected chi connectivity index (χ2v) is 5.58. The van der Waals surface area contributed by atoms with Crippen LogP contribution in [-0.4, -0.2) is 43.0 Å². The van der Waals surface area contributed by atoms with Gasteiger partial charge in [-0.1, -0.05) is 0 Å². The molecule has 0 bridgehead atoms. The summed E-state index contributed by atoms with van der Waals surface area (Å²) in [6, 6.07) is 2.25. The van der Waals surface area contributed by atoms with Crippen LogP contribution in [0, 0.1) is 17.6 Å². The van der Waals surface area contributed by atoms with Crippen LogP contribution in [0.15, 0.2) is 18.2 Å². The minimum Gasteiger partial charge on any atom is -0.369 e. The Labute approximate surface area is 133 Å². The zero-order valence-corrected chi connectivity index (χ0v) is 12.6. The molecule has 23 heavy (non-hydrogen) atoms. The smallest absolute Gasteiger partial charge is 0.319 e. The maximum absolute atomic E-state index is 13.0. The standard InChI is InChI=1S/C15H20F2N4O2/c16-11-6-12(17)8-13(7-11)20-15(23)19-3-5-21-4-1-2-10(9-21)14(18)22/h6-8,10H,1-5,9H2,(H2,18,22)(H2,19,20,23). The number of carbonyl (C=O) groups excluding carboxylic acids is 2. The fraction of sp³-hybridized carbons (Fsp3) is 0.467. The summed E-state index contributed by atoms with van der Waals surface area (Å²) < 4.78 is 26.0. The van der Waals surface area contributed by atoms with Crippen LogP contribution >= 0.6 is 0 Å². The lowest BCUT2D eigenvalue weighted by Gasteiger charge is -2.31. The molecule has 1 aromatic rings.